The zero-order valence-electron chi connectivity index (χ0n) is 16.5. The van der Waals surface area contributed by atoms with Gasteiger partial charge in [0.05, 0.1) is 4.59 Å². The van der Waals surface area contributed by atoms with Gasteiger partial charge in [-0.15, -0.1) is 0 Å². The van der Waals surface area contributed by atoms with E-state index >= 15 is 0 Å². The SMILES string of the molecule is Fc1c(F)c(F)c([N+](F)(F)[Si](C(F)(F)C(F)(F)F)(C(F)(F)C(F)(F)F)C(F)(F)C(F)(F)C(F)(F)F)c(F)c1F. The van der Waals surface area contributed by atoms with E-state index in [2.05, 4.69) is 0 Å². The van der Waals surface area contributed by atoms with Gasteiger partial charge in [0.25, 0.3) is 5.69 Å². The molecule has 0 unspecified atom stereocenters. The molecular weight excluding hydrogens is 654 g/mol. The second-order valence-electron chi connectivity index (χ2n) is 6.93. The van der Waals surface area contributed by atoms with Gasteiger partial charge in [-0.25, -0.2) is 13.2 Å². The second-order valence-corrected chi connectivity index (χ2v) is 10.8. The Kier molecular flexibility index (Phi) is 7.89. The summed E-state index contributed by atoms with van der Waals surface area (Å²) in [6.45, 7) is 0. The summed E-state index contributed by atoms with van der Waals surface area (Å²) < 4.78 is 317. The highest BCUT2D eigenvalue weighted by Gasteiger charge is 3.13. The molecule has 0 aromatic heterocycles. The average Bonchev–Trinajstić information content (AvgIpc) is 2.67. The molecule has 26 heteroatoms. The van der Waals surface area contributed by atoms with Crippen LogP contribution in [0.5, 0.6) is 0 Å². The van der Waals surface area contributed by atoms with Crippen LogP contribution < -0.4 is 4.59 Å². The Labute approximate surface area is 195 Å². The summed E-state index contributed by atoms with van der Waals surface area (Å²) >= 11 is 0. The van der Waals surface area contributed by atoms with Crippen LogP contribution in [0.4, 0.5) is 111 Å². The minimum atomic E-state index is -12.6. The van der Waals surface area contributed by atoms with Crippen molar-refractivity contribution < 1.29 is 106 Å². The first-order valence-corrected chi connectivity index (χ1v) is 10.1. The first-order valence-electron chi connectivity index (χ1n) is 8.19. The van der Waals surface area contributed by atoms with Crippen molar-refractivity contribution in [3.8, 4) is 0 Å². The van der Waals surface area contributed by atoms with Gasteiger partial charge in [0.1, 0.15) is 0 Å². The quantitative estimate of drug-likeness (QED) is 0.0954. The van der Waals surface area contributed by atoms with Crippen molar-refractivity contribution in [2.24, 2.45) is 0 Å². The van der Waals surface area contributed by atoms with Crippen molar-refractivity contribution in [3.05, 3.63) is 29.1 Å². The Hall–Kier alpha value is -2.28. The topological polar surface area (TPSA) is 0 Å². The van der Waals surface area contributed by atoms with Crippen molar-refractivity contribution in [1.29, 1.82) is 0 Å². The van der Waals surface area contributed by atoms with Crippen LogP contribution in [-0.2, 0) is 0 Å². The lowest BCUT2D eigenvalue weighted by atomic mass is 10.2. The van der Waals surface area contributed by atoms with Crippen LogP contribution in [0.25, 0.3) is 0 Å². The van der Waals surface area contributed by atoms with Gasteiger partial charge in [-0.3, -0.25) is 0 Å². The summed E-state index contributed by atoms with van der Waals surface area (Å²) in [6, 6.07) is 0. The number of alkyl halides is 17. The van der Waals surface area contributed by atoms with Crippen LogP contribution in [0.1, 0.15) is 0 Å². The summed E-state index contributed by atoms with van der Waals surface area (Å²) in [6.07, 6.45) is -26.3. The summed E-state index contributed by atoms with van der Waals surface area (Å²) in [7, 11) is -12.6. The Morgan fingerprint density at radius 2 is 0.641 bits per heavy atom. The smallest absolute Gasteiger partial charge is 0.200 e. The molecule has 0 saturated heterocycles. The van der Waals surface area contributed by atoms with E-state index in [9.17, 15) is 106 Å². The highest BCUT2D eigenvalue weighted by molar-refractivity contribution is 6.87. The number of hydrogen-bond donors (Lipinski definition) is 0. The maximum Gasteiger partial charge on any atom is 0.610 e. The van der Waals surface area contributed by atoms with Crippen molar-refractivity contribution >= 4 is 13.9 Å². The third-order valence-electron chi connectivity index (χ3n) is 4.71. The minimum Gasteiger partial charge on any atom is -0.200 e. The van der Waals surface area contributed by atoms with Gasteiger partial charge in [0.15, 0.2) is 0 Å². The number of benzene rings is 1. The standard InChI is InChI=1S/C13F24NSi/c14-1-2(15)4(17)6(5(18)3(1)16)38(36,37)39(12(32,33)9(24,25)26,13(34,35)10(27,28)29)11(30,31)7(19,20)8(21,22)23/q+1. The second kappa shape index (κ2) is 8.86. The summed E-state index contributed by atoms with van der Waals surface area (Å²) in [5.41, 5.74) is -34.1. The molecule has 0 heterocycles. The fourth-order valence-electron chi connectivity index (χ4n) is 2.94. The molecule has 228 valence electrons. The Morgan fingerprint density at radius 3 is 0.872 bits per heavy atom. The van der Waals surface area contributed by atoms with Gasteiger partial charge in [-0.05, 0) is 0 Å². The van der Waals surface area contributed by atoms with E-state index in [1.807, 2.05) is 0 Å². The van der Waals surface area contributed by atoms with Gasteiger partial charge in [-0.1, -0.05) is 0 Å². The van der Waals surface area contributed by atoms with Gasteiger partial charge in [-0.2, -0.15) is 83.4 Å². The Balaban J connectivity index is 4.96. The Bertz CT molecular complexity index is 1050. The van der Waals surface area contributed by atoms with E-state index in [0.717, 1.165) is 0 Å². The summed E-state index contributed by atoms with van der Waals surface area (Å²) in [4.78, 5) is 0. The molecule has 1 rings (SSSR count). The summed E-state index contributed by atoms with van der Waals surface area (Å²) in [5, 5.41) is 0. The number of nitrogens with zero attached hydrogens (tertiary/aromatic N) is 1. The maximum atomic E-state index is 14.9. The molecule has 0 aliphatic rings. The number of quaternary nitrogens is 1. The normalized spacial score (nSPS) is 15.7. The highest BCUT2D eigenvalue weighted by Crippen LogP contribution is 2.67. The molecule has 1 aromatic rings. The fraction of sp³-hybridized carbons (Fsp3) is 0.538. The molecule has 0 spiro atoms. The molecule has 0 saturated carbocycles. The zero-order chi connectivity index (χ0) is 32.0. The van der Waals surface area contributed by atoms with Crippen LogP contribution in [-0.4, -0.2) is 49.3 Å². The average molecular weight is 654 g/mol. The molecule has 0 radical (unpaired) electrons. The molecule has 1 aromatic carbocycles. The number of hydrogen-bond acceptors (Lipinski definition) is 0. The molecule has 0 aliphatic heterocycles. The van der Waals surface area contributed by atoms with Gasteiger partial charge in [0, 0.05) is 8.96 Å². The third-order valence-corrected chi connectivity index (χ3v) is 9.39. The molecule has 0 N–H and O–H groups in total. The zero-order valence-corrected chi connectivity index (χ0v) is 17.5. The molecule has 0 aliphatic carbocycles. The number of halogens is 24. The van der Waals surface area contributed by atoms with Gasteiger partial charge >= 0.3 is 49.3 Å². The van der Waals surface area contributed by atoms with Gasteiger partial charge < -0.3 is 0 Å². The van der Waals surface area contributed by atoms with Crippen molar-refractivity contribution in [3.63, 3.8) is 0 Å². The van der Waals surface area contributed by atoms with Crippen LogP contribution >= 0.6 is 0 Å². The van der Waals surface area contributed by atoms with Crippen LogP contribution in [0.3, 0.4) is 0 Å². The van der Waals surface area contributed by atoms with E-state index < -0.39 is 88.7 Å². The predicted molar refractivity (Wildman–Crippen MR) is 73.9 cm³/mol. The Morgan fingerprint density at radius 1 is 0.385 bits per heavy atom. The maximum absolute atomic E-state index is 14.9. The van der Waals surface area contributed by atoms with E-state index in [0.29, 0.717) is 0 Å². The fourth-order valence-corrected chi connectivity index (χ4v) is 7.13. The molecule has 0 fully saturated rings. The van der Waals surface area contributed by atoms with E-state index in [1.165, 1.54) is 0 Å². The molecular formula is C13F24NSi+. The lowest BCUT2D eigenvalue weighted by molar-refractivity contribution is -0.357. The molecule has 0 bridgehead atoms. The minimum absolute atomic E-state index is 3.79. The van der Waals surface area contributed by atoms with Crippen LogP contribution in [0.15, 0.2) is 0 Å². The van der Waals surface area contributed by atoms with Crippen LogP contribution in [0, 0.1) is 29.1 Å². The van der Waals surface area contributed by atoms with Crippen LogP contribution in [0.2, 0.25) is 0 Å². The first-order chi connectivity index (χ1) is 16.7. The number of rotatable bonds is 6. The van der Waals surface area contributed by atoms with Crippen molar-refractivity contribution in [2.75, 3.05) is 0 Å². The lowest BCUT2D eigenvalue weighted by Gasteiger charge is -2.47. The van der Waals surface area contributed by atoms with Crippen molar-refractivity contribution in [1.82, 2.24) is 4.59 Å². The lowest BCUT2D eigenvalue weighted by Crippen LogP contribution is -2.94. The van der Waals surface area contributed by atoms with Crippen molar-refractivity contribution in [2.45, 2.75) is 41.1 Å². The molecule has 0 amide bonds. The predicted octanol–water partition coefficient (Wildman–Crippen LogP) is 8.25. The van der Waals surface area contributed by atoms with E-state index in [4.69, 9.17) is 0 Å². The molecule has 0 atom stereocenters. The highest BCUT2D eigenvalue weighted by atomic mass is 28.3. The third kappa shape index (κ3) is 4.08. The molecule has 1 nitrogen and oxygen atoms in total. The van der Waals surface area contributed by atoms with E-state index in [-0.39, 0.29) is 0 Å². The summed E-state index contributed by atoms with van der Waals surface area (Å²) in [5.74, 6) is -30.7. The first kappa shape index (κ1) is 34.7. The monoisotopic (exact) mass is 654 g/mol. The molecule has 39 heavy (non-hydrogen) atoms. The van der Waals surface area contributed by atoms with Gasteiger partial charge in [0.2, 0.25) is 29.1 Å². The largest absolute Gasteiger partial charge is 0.610 e. The van der Waals surface area contributed by atoms with E-state index in [1.54, 1.807) is 0 Å².